The molecule has 2 aliphatic carbocycles. The van der Waals surface area contributed by atoms with Crippen molar-refractivity contribution in [3.8, 4) is 50.2 Å². The number of rotatable bonds is 7. The van der Waals surface area contributed by atoms with Crippen molar-refractivity contribution < 1.29 is 0 Å². The number of hydrogen-bond acceptors (Lipinski definition) is 4. The third kappa shape index (κ3) is 9.95. The van der Waals surface area contributed by atoms with E-state index in [-0.39, 0.29) is 24.3 Å². The molecule has 5 heterocycles. The van der Waals surface area contributed by atoms with Crippen LogP contribution in [0.25, 0.3) is 82.8 Å². The summed E-state index contributed by atoms with van der Waals surface area (Å²) in [6.07, 6.45) is 0. The van der Waals surface area contributed by atoms with Gasteiger partial charge < -0.3 is 24.2 Å². The molecule has 0 amide bonds. The minimum Gasteiger partial charge on any atom is -0.311 e. The highest BCUT2D eigenvalue weighted by molar-refractivity contribution is 7.03. The van der Waals surface area contributed by atoms with Gasteiger partial charge in [-0.15, -0.1) is 0 Å². The average molecular weight is 1550 g/mol. The first kappa shape index (κ1) is 71.3. The molecular formula is C114H89B2N5. The molecule has 0 N–H and O–H groups in total. The van der Waals surface area contributed by atoms with E-state index in [9.17, 15) is 0 Å². The van der Waals surface area contributed by atoms with Gasteiger partial charge in [0.15, 0.2) is 0 Å². The van der Waals surface area contributed by atoms with Gasteiger partial charge in [0, 0.05) is 78.7 Å². The Balaban J connectivity index is 0.804. The molecule has 18 aromatic rings. The van der Waals surface area contributed by atoms with Gasteiger partial charge in [-0.3, -0.25) is 0 Å². The first-order chi connectivity index (χ1) is 58.9. The van der Waals surface area contributed by atoms with Gasteiger partial charge in [-0.1, -0.05) is 266 Å². The maximum absolute atomic E-state index is 2.70. The van der Waals surface area contributed by atoms with Gasteiger partial charge in [-0.05, 0) is 305 Å². The van der Waals surface area contributed by atoms with Crippen LogP contribution in [0.15, 0.2) is 340 Å². The lowest BCUT2D eigenvalue weighted by atomic mass is 9.30. The highest BCUT2D eigenvalue weighted by Gasteiger charge is 2.54. The molecule has 0 unspecified atom stereocenters. The van der Waals surface area contributed by atoms with Crippen LogP contribution >= 0.6 is 0 Å². The van der Waals surface area contributed by atoms with Crippen molar-refractivity contribution in [2.75, 3.05) is 19.6 Å². The Bertz CT molecular complexity index is 7340. The third-order valence-corrected chi connectivity index (χ3v) is 28.6. The normalized spacial score (nSPS) is 14.0. The molecule has 6 aliphatic rings. The summed E-state index contributed by atoms with van der Waals surface area (Å²) in [7, 11) is 0. The van der Waals surface area contributed by atoms with Crippen molar-refractivity contribution in [3.05, 3.63) is 401 Å². The summed E-state index contributed by atoms with van der Waals surface area (Å²) in [6, 6.07) is 132. The van der Waals surface area contributed by atoms with E-state index in [1.165, 1.54) is 188 Å². The summed E-state index contributed by atoms with van der Waals surface area (Å²) in [6.45, 7) is 25.2. The van der Waals surface area contributed by atoms with Crippen molar-refractivity contribution in [3.63, 3.8) is 0 Å². The Kier molecular flexibility index (Phi) is 15.2. The molecule has 0 radical (unpaired) electrons. The smallest absolute Gasteiger partial charge is 0.252 e. The zero-order valence-corrected chi connectivity index (χ0v) is 70.2. The van der Waals surface area contributed by atoms with Gasteiger partial charge in [0.25, 0.3) is 13.4 Å². The van der Waals surface area contributed by atoms with Gasteiger partial charge in [0.1, 0.15) is 0 Å². The molecule has 576 valence electrons. The Morgan fingerprint density at radius 2 is 0.678 bits per heavy atom. The van der Waals surface area contributed by atoms with Gasteiger partial charge in [-0.25, -0.2) is 0 Å². The van der Waals surface area contributed by atoms with E-state index in [1.807, 2.05) is 0 Å². The van der Waals surface area contributed by atoms with Gasteiger partial charge >= 0.3 is 0 Å². The predicted octanol–water partition coefficient (Wildman–Crippen LogP) is 25.9. The average Bonchev–Trinajstić information content (AvgIpc) is 1.63. The summed E-state index contributed by atoms with van der Waals surface area (Å²) < 4.78 is 2.59. The zero-order valence-electron chi connectivity index (χ0n) is 70.2. The first-order valence-electron chi connectivity index (χ1n) is 43.1. The third-order valence-electron chi connectivity index (χ3n) is 28.6. The maximum Gasteiger partial charge on any atom is 0.252 e. The number of anilines is 12. The van der Waals surface area contributed by atoms with E-state index < -0.39 is 5.41 Å². The van der Waals surface area contributed by atoms with Crippen LogP contribution in [0, 0.1) is 34.6 Å². The van der Waals surface area contributed by atoms with Crippen LogP contribution in [0.1, 0.15) is 103 Å². The second-order valence-corrected chi connectivity index (χ2v) is 36.8. The molecule has 0 bridgehead atoms. The molecular weight excluding hydrogens is 1460 g/mol. The Labute approximate surface area is 709 Å². The topological polar surface area (TPSA) is 17.9 Å². The van der Waals surface area contributed by atoms with Crippen LogP contribution in [-0.4, -0.2) is 18.0 Å². The first-order valence-corrected chi connectivity index (χ1v) is 43.1. The summed E-state index contributed by atoms with van der Waals surface area (Å²) in [5.41, 5.74) is 48.9. The van der Waals surface area contributed by atoms with Crippen LogP contribution in [0.4, 0.5) is 68.2 Å². The molecule has 0 saturated heterocycles. The van der Waals surface area contributed by atoms with Crippen LogP contribution in [0.5, 0.6) is 0 Å². The number of benzene rings is 17. The molecule has 1 spiro atoms. The van der Waals surface area contributed by atoms with Crippen LogP contribution < -0.4 is 52.4 Å². The number of aromatic nitrogens is 1. The minimum absolute atomic E-state index is 0.0743. The number of hydrogen-bond donors (Lipinski definition) is 0. The largest absolute Gasteiger partial charge is 0.311 e. The summed E-state index contributed by atoms with van der Waals surface area (Å²) in [5, 5.41) is 4.88. The second kappa shape index (κ2) is 25.8. The molecule has 1 aromatic heterocycles. The zero-order chi connectivity index (χ0) is 81.5. The van der Waals surface area contributed by atoms with E-state index in [1.54, 1.807) is 0 Å². The highest BCUT2D eigenvalue weighted by Crippen LogP contribution is 2.65. The van der Waals surface area contributed by atoms with Crippen molar-refractivity contribution in [1.82, 2.24) is 4.57 Å². The van der Waals surface area contributed by atoms with Crippen molar-refractivity contribution in [2.24, 2.45) is 0 Å². The van der Waals surface area contributed by atoms with Gasteiger partial charge in [0.2, 0.25) is 0 Å². The lowest BCUT2D eigenvalue weighted by molar-refractivity contribution is 0.590. The number of para-hydroxylation sites is 5. The number of fused-ring (bicyclic) bond motifs is 23. The van der Waals surface area contributed by atoms with E-state index >= 15 is 0 Å². The van der Waals surface area contributed by atoms with Crippen LogP contribution in [-0.2, 0) is 16.2 Å². The standard InChI is InChI=1S/C114H89B2N5/c1-68-69(2)71(4)107(72(5)70(68)3)73-50-55-81(56-51-73)119-102-67-103-97(66-96(102)115-94-46-27-29-48-100(94)117(78-32-15-12-16-33-78)105-64-82(65-106(119)109(105)115)120-98-58-53-76(112(6,7)8)62-89(98)90-63-77(113(9,10)11)54-59-99(90)120)116-95-47-28-30-49-101(95)121(80-36-19-14-20-37-80)111-84-57-52-74(60-75(84)61-104(110(111)116)118(103)79-34-17-13-18-35-79)83-41-31-42-88-87-40-23-26-45-93(87)114(108(83)88)91-43-24-21-38-85(91)86-39-22-25-44-92(86)114/h12-67H,1-11H3. The van der Waals surface area contributed by atoms with E-state index in [0.29, 0.717) is 0 Å². The van der Waals surface area contributed by atoms with Crippen molar-refractivity contribution >= 4 is 147 Å². The summed E-state index contributed by atoms with van der Waals surface area (Å²) in [4.78, 5) is 10.5. The molecule has 17 aromatic carbocycles. The monoisotopic (exact) mass is 1550 g/mol. The van der Waals surface area contributed by atoms with Crippen molar-refractivity contribution in [2.45, 2.75) is 92.4 Å². The van der Waals surface area contributed by atoms with Gasteiger partial charge in [-0.2, -0.15) is 0 Å². The molecule has 0 atom stereocenters. The molecule has 4 aliphatic heterocycles. The molecule has 0 saturated carbocycles. The molecule has 24 rings (SSSR count). The Morgan fingerprint density at radius 1 is 0.264 bits per heavy atom. The summed E-state index contributed by atoms with van der Waals surface area (Å²) in [5.74, 6) is 0. The molecule has 5 nitrogen and oxygen atoms in total. The Morgan fingerprint density at radius 3 is 1.21 bits per heavy atom. The molecule has 0 fully saturated rings. The summed E-state index contributed by atoms with van der Waals surface area (Å²) >= 11 is 0. The van der Waals surface area contributed by atoms with E-state index in [4.69, 9.17) is 0 Å². The van der Waals surface area contributed by atoms with E-state index in [2.05, 4.69) is 440 Å². The number of nitrogens with zero attached hydrogens (tertiary/aromatic N) is 5. The molecule has 7 heteroatoms. The highest BCUT2D eigenvalue weighted by atomic mass is 15.2. The quantitative estimate of drug-likeness (QED) is 0.148. The van der Waals surface area contributed by atoms with Gasteiger partial charge in [0.05, 0.1) is 27.8 Å². The second-order valence-electron chi connectivity index (χ2n) is 36.8. The lowest BCUT2D eigenvalue weighted by Gasteiger charge is -2.47. The van der Waals surface area contributed by atoms with Crippen LogP contribution in [0.2, 0.25) is 0 Å². The minimum atomic E-state index is -0.545. The SMILES string of the molecule is Cc1c(C)c(C)c(-c2ccc(N3c4cc5c(cc4B4c6ccccc6N(c6ccccc6)c6cc(-n7c8ccc(C(C)(C)C)cc8c8cc(C(C)(C)C)ccc87)cc3c64)B3c4ccccc4N(c4ccccc4)c4c3c(cc3cc(-c6cccc7c6C6(c8ccccc8-c8ccccc86)c6ccccc6-7)ccc43)N5c3ccccc3)cc2)c(C)c1C. The van der Waals surface area contributed by atoms with Crippen molar-refractivity contribution in [1.29, 1.82) is 0 Å². The fraction of sp³-hybridized carbons (Fsp3) is 0.123. The molecule has 121 heavy (non-hydrogen) atoms. The Hall–Kier alpha value is -13.9. The van der Waals surface area contributed by atoms with Crippen LogP contribution in [0.3, 0.4) is 0 Å². The predicted molar refractivity (Wildman–Crippen MR) is 515 cm³/mol. The lowest BCUT2D eigenvalue weighted by Crippen LogP contribution is -2.65. The fourth-order valence-electron chi connectivity index (χ4n) is 22.6. The van der Waals surface area contributed by atoms with E-state index in [0.717, 1.165) is 56.9 Å². The maximum atomic E-state index is 2.70. The fourth-order valence-corrected chi connectivity index (χ4v) is 22.6.